The number of hydrogen-bond acceptors (Lipinski definition) is 4. The highest BCUT2D eigenvalue weighted by molar-refractivity contribution is 7.90. The van der Waals surface area contributed by atoms with Crippen LogP contribution in [0.3, 0.4) is 0 Å². The molecule has 20 heavy (non-hydrogen) atoms. The zero-order valence-electron chi connectivity index (χ0n) is 10.5. The minimum Gasteiger partial charge on any atom is -0.226 e. The molecule has 0 N–H and O–H groups in total. The average Bonchev–Trinajstić information content (AvgIpc) is 2.77. The molecule has 0 spiro atoms. The maximum Gasteiger partial charge on any atom is 0.269 e. The van der Waals surface area contributed by atoms with Crippen LogP contribution in [-0.2, 0) is 10.0 Å². The maximum absolute atomic E-state index is 12.6. The van der Waals surface area contributed by atoms with Crippen molar-refractivity contribution >= 4 is 32.7 Å². The summed E-state index contributed by atoms with van der Waals surface area (Å²) in [5.74, 6) is 0. The fourth-order valence-electron chi connectivity index (χ4n) is 1.99. The number of hydrogen-bond donors (Lipinski definition) is 0. The Morgan fingerprint density at radius 1 is 1.20 bits per heavy atom. The van der Waals surface area contributed by atoms with Crippen LogP contribution in [0.15, 0.2) is 47.6 Å². The molecule has 102 valence electrons. The van der Waals surface area contributed by atoms with Crippen molar-refractivity contribution in [2.75, 3.05) is 0 Å². The van der Waals surface area contributed by atoms with E-state index in [1.54, 1.807) is 37.3 Å². The highest BCUT2D eigenvalue weighted by atomic mass is 35.5. The highest BCUT2D eigenvalue weighted by Gasteiger charge is 2.21. The molecule has 0 unspecified atom stereocenters. The lowest BCUT2D eigenvalue weighted by Gasteiger charge is -2.06. The van der Waals surface area contributed by atoms with Gasteiger partial charge in [0.15, 0.2) is 5.65 Å². The van der Waals surface area contributed by atoms with Gasteiger partial charge in [0.25, 0.3) is 10.0 Å². The number of halogens is 1. The summed E-state index contributed by atoms with van der Waals surface area (Å²) >= 11 is 5.77. The largest absolute Gasteiger partial charge is 0.269 e. The van der Waals surface area contributed by atoms with E-state index in [9.17, 15) is 8.42 Å². The normalized spacial score (nSPS) is 11.9. The number of nitrogens with zero attached hydrogens (tertiary/aromatic N) is 3. The van der Waals surface area contributed by atoms with Crippen LogP contribution in [0.2, 0.25) is 5.28 Å². The van der Waals surface area contributed by atoms with E-state index < -0.39 is 10.0 Å². The van der Waals surface area contributed by atoms with Gasteiger partial charge in [0, 0.05) is 17.8 Å². The standard InChI is InChI=1S/C13H10ClN3O2S/c1-9-8-17(12-11(9)7-15-13(14)16-12)20(18,19)10-5-3-2-4-6-10/h2-8H,1H3. The second-order valence-electron chi connectivity index (χ2n) is 4.30. The van der Waals surface area contributed by atoms with Gasteiger partial charge in [-0.25, -0.2) is 17.4 Å². The van der Waals surface area contributed by atoms with Gasteiger partial charge in [-0.05, 0) is 36.2 Å². The summed E-state index contributed by atoms with van der Waals surface area (Å²) < 4.78 is 26.4. The van der Waals surface area contributed by atoms with E-state index in [4.69, 9.17) is 11.6 Å². The Kier molecular flexibility index (Phi) is 2.99. The first-order valence-electron chi connectivity index (χ1n) is 5.81. The third-order valence-corrected chi connectivity index (χ3v) is 4.83. The Balaban J connectivity index is 2.33. The van der Waals surface area contributed by atoms with Crippen LogP contribution < -0.4 is 0 Å². The fourth-order valence-corrected chi connectivity index (χ4v) is 3.51. The van der Waals surface area contributed by atoms with E-state index in [-0.39, 0.29) is 15.8 Å². The topological polar surface area (TPSA) is 64.8 Å². The predicted octanol–water partition coefficient (Wildman–Crippen LogP) is 2.63. The van der Waals surface area contributed by atoms with Gasteiger partial charge in [-0.15, -0.1) is 0 Å². The molecular formula is C13H10ClN3O2S. The number of benzene rings is 1. The Bertz CT molecular complexity index is 889. The molecule has 3 aromatic rings. The molecule has 0 atom stereocenters. The van der Waals surface area contributed by atoms with Gasteiger partial charge < -0.3 is 0 Å². The number of rotatable bonds is 2. The Hall–Kier alpha value is -1.92. The molecule has 2 heterocycles. The first-order chi connectivity index (χ1) is 9.50. The van der Waals surface area contributed by atoms with E-state index in [2.05, 4.69) is 9.97 Å². The molecule has 0 amide bonds. The lowest BCUT2D eigenvalue weighted by molar-refractivity contribution is 0.588. The van der Waals surface area contributed by atoms with Crippen molar-refractivity contribution in [2.45, 2.75) is 11.8 Å². The minimum absolute atomic E-state index is 0.0140. The predicted molar refractivity (Wildman–Crippen MR) is 76.3 cm³/mol. The quantitative estimate of drug-likeness (QED) is 0.683. The van der Waals surface area contributed by atoms with Crippen LogP contribution in [0, 0.1) is 6.92 Å². The SMILES string of the molecule is Cc1cn(S(=O)(=O)c2ccccc2)c2nc(Cl)ncc12. The molecule has 0 bridgehead atoms. The second-order valence-corrected chi connectivity index (χ2v) is 6.46. The summed E-state index contributed by atoms with van der Waals surface area (Å²) in [5.41, 5.74) is 1.06. The van der Waals surface area contributed by atoms with Gasteiger partial charge in [0.05, 0.1) is 4.90 Å². The number of aryl methyl sites for hydroxylation is 1. The molecule has 2 aromatic heterocycles. The average molecular weight is 308 g/mol. The second kappa shape index (κ2) is 4.57. The molecule has 3 rings (SSSR count). The smallest absolute Gasteiger partial charge is 0.226 e. The zero-order chi connectivity index (χ0) is 14.3. The molecule has 0 aliphatic carbocycles. The molecule has 0 aliphatic rings. The van der Waals surface area contributed by atoms with Crippen molar-refractivity contribution in [1.82, 2.24) is 13.9 Å². The van der Waals surface area contributed by atoms with Crippen molar-refractivity contribution in [3.8, 4) is 0 Å². The van der Waals surface area contributed by atoms with Crippen molar-refractivity contribution in [1.29, 1.82) is 0 Å². The third-order valence-electron chi connectivity index (χ3n) is 2.98. The number of aromatic nitrogens is 3. The summed E-state index contributed by atoms with van der Waals surface area (Å²) in [4.78, 5) is 8.11. The van der Waals surface area contributed by atoms with Crippen LogP contribution in [0.1, 0.15) is 5.56 Å². The summed E-state index contributed by atoms with van der Waals surface area (Å²) in [6, 6.07) is 8.19. The van der Waals surface area contributed by atoms with E-state index >= 15 is 0 Å². The summed E-state index contributed by atoms with van der Waals surface area (Å²) in [6.45, 7) is 1.80. The van der Waals surface area contributed by atoms with Crippen molar-refractivity contribution in [2.24, 2.45) is 0 Å². The highest BCUT2D eigenvalue weighted by Crippen LogP contribution is 2.24. The first kappa shape index (κ1) is 13.1. The van der Waals surface area contributed by atoms with Gasteiger partial charge in [0.1, 0.15) is 0 Å². The molecule has 0 radical (unpaired) electrons. The monoisotopic (exact) mass is 307 g/mol. The number of fused-ring (bicyclic) bond motifs is 1. The Morgan fingerprint density at radius 2 is 1.90 bits per heavy atom. The van der Waals surface area contributed by atoms with Gasteiger partial charge in [-0.1, -0.05) is 18.2 Å². The third kappa shape index (κ3) is 1.97. The van der Waals surface area contributed by atoms with Crippen LogP contribution in [0.4, 0.5) is 0 Å². The van der Waals surface area contributed by atoms with Crippen LogP contribution in [0.5, 0.6) is 0 Å². The van der Waals surface area contributed by atoms with E-state index in [1.165, 1.54) is 12.4 Å². The molecule has 7 heteroatoms. The van der Waals surface area contributed by atoms with Crippen LogP contribution >= 0.6 is 11.6 Å². The minimum atomic E-state index is -3.69. The van der Waals surface area contributed by atoms with E-state index in [0.29, 0.717) is 5.39 Å². The Morgan fingerprint density at radius 3 is 2.60 bits per heavy atom. The van der Waals surface area contributed by atoms with Crippen LogP contribution in [0.25, 0.3) is 11.0 Å². The molecular weight excluding hydrogens is 298 g/mol. The van der Waals surface area contributed by atoms with Gasteiger partial charge >= 0.3 is 0 Å². The summed E-state index contributed by atoms with van der Waals surface area (Å²) in [7, 11) is -3.69. The van der Waals surface area contributed by atoms with Crippen molar-refractivity contribution < 1.29 is 8.42 Å². The molecule has 0 fully saturated rings. The fraction of sp³-hybridized carbons (Fsp3) is 0.0769. The molecule has 0 aliphatic heterocycles. The Labute approximate surface area is 120 Å². The van der Waals surface area contributed by atoms with E-state index in [1.807, 2.05) is 0 Å². The zero-order valence-corrected chi connectivity index (χ0v) is 12.1. The summed E-state index contributed by atoms with van der Waals surface area (Å²) in [5, 5.41) is 0.675. The molecule has 5 nitrogen and oxygen atoms in total. The van der Waals surface area contributed by atoms with Crippen molar-refractivity contribution in [3.05, 3.63) is 53.6 Å². The maximum atomic E-state index is 12.6. The van der Waals surface area contributed by atoms with Gasteiger partial charge in [-0.3, -0.25) is 0 Å². The first-order valence-corrected chi connectivity index (χ1v) is 7.63. The molecule has 1 aromatic carbocycles. The van der Waals surface area contributed by atoms with Gasteiger partial charge in [0.2, 0.25) is 5.28 Å². The summed E-state index contributed by atoms with van der Waals surface area (Å²) in [6.07, 6.45) is 3.05. The molecule has 0 saturated carbocycles. The van der Waals surface area contributed by atoms with Gasteiger partial charge in [-0.2, -0.15) is 4.98 Å². The lowest BCUT2D eigenvalue weighted by Crippen LogP contribution is -2.12. The molecule has 0 saturated heterocycles. The van der Waals surface area contributed by atoms with Crippen LogP contribution in [-0.4, -0.2) is 22.4 Å². The van der Waals surface area contributed by atoms with Crippen molar-refractivity contribution in [3.63, 3.8) is 0 Å². The van der Waals surface area contributed by atoms with E-state index in [0.717, 1.165) is 9.54 Å². The lowest BCUT2D eigenvalue weighted by atomic mass is 10.3.